The zero-order valence-electron chi connectivity index (χ0n) is 17.1. The number of non-ortho nitro benzene ring substituents is 1. The SMILES string of the molecule is COc1cc([N+](=O)[O-])cc(/C=N\NC(=O)c2ccc(NC(=O)c3ccccc3Cl)cc2)c1O. The van der Waals surface area contributed by atoms with Crippen LogP contribution in [0.4, 0.5) is 11.4 Å². The number of hydrogen-bond acceptors (Lipinski definition) is 7. The van der Waals surface area contributed by atoms with Crippen LogP contribution in [0, 0.1) is 10.1 Å². The molecule has 0 heterocycles. The van der Waals surface area contributed by atoms with Crippen molar-refractivity contribution in [2.24, 2.45) is 5.10 Å². The van der Waals surface area contributed by atoms with Crippen LogP contribution >= 0.6 is 11.6 Å². The molecule has 168 valence electrons. The van der Waals surface area contributed by atoms with Gasteiger partial charge in [-0.1, -0.05) is 23.7 Å². The second kappa shape index (κ2) is 10.2. The molecular formula is C22H17ClN4O6. The van der Waals surface area contributed by atoms with E-state index < -0.39 is 16.7 Å². The van der Waals surface area contributed by atoms with Gasteiger partial charge in [-0.3, -0.25) is 19.7 Å². The third kappa shape index (κ3) is 5.63. The molecule has 3 N–H and O–H groups in total. The average Bonchev–Trinajstić information content (AvgIpc) is 2.80. The van der Waals surface area contributed by atoms with Crippen molar-refractivity contribution in [2.75, 3.05) is 12.4 Å². The molecule has 0 aliphatic carbocycles. The molecule has 0 atom stereocenters. The molecule has 0 radical (unpaired) electrons. The smallest absolute Gasteiger partial charge is 0.274 e. The summed E-state index contributed by atoms with van der Waals surface area (Å²) in [5, 5.41) is 27.8. The maximum absolute atomic E-state index is 12.3. The molecule has 0 unspecified atom stereocenters. The number of carbonyl (C=O) groups excluding carboxylic acids is 2. The van der Waals surface area contributed by atoms with E-state index in [0.29, 0.717) is 16.3 Å². The van der Waals surface area contributed by atoms with E-state index >= 15 is 0 Å². The Kier molecular flexibility index (Phi) is 7.21. The summed E-state index contributed by atoms with van der Waals surface area (Å²) < 4.78 is 4.91. The number of benzene rings is 3. The van der Waals surface area contributed by atoms with E-state index in [9.17, 15) is 24.8 Å². The first-order valence-corrected chi connectivity index (χ1v) is 9.72. The number of halogens is 1. The molecule has 3 rings (SSSR count). The lowest BCUT2D eigenvalue weighted by molar-refractivity contribution is -0.385. The summed E-state index contributed by atoms with van der Waals surface area (Å²) in [5.74, 6) is -1.44. The van der Waals surface area contributed by atoms with Crippen LogP contribution < -0.4 is 15.5 Å². The molecule has 0 aliphatic rings. The quantitative estimate of drug-likeness (QED) is 0.272. The molecule has 3 aromatic carbocycles. The first-order valence-electron chi connectivity index (χ1n) is 9.35. The molecule has 0 saturated heterocycles. The Hall–Kier alpha value is -4.44. The van der Waals surface area contributed by atoms with Crippen molar-refractivity contribution in [3.8, 4) is 11.5 Å². The van der Waals surface area contributed by atoms with Crippen LogP contribution in [0.5, 0.6) is 11.5 Å². The fourth-order valence-electron chi connectivity index (χ4n) is 2.75. The minimum atomic E-state index is -0.649. The van der Waals surface area contributed by atoms with Crippen LogP contribution in [0.1, 0.15) is 26.3 Å². The zero-order chi connectivity index (χ0) is 24.0. The van der Waals surface area contributed by atoms with E-state index in [0.717, 1.165) is 18.3 Å². The predicted molar refractivity (Wildman–Crippen MR) is 122 cm³/mol. The van der Waals surface area contributed by atoms with Crippen LogP contribution in [0.15, 0.2) is 65.8 Å². The highest BCUT2D eigenvalue weighted by Gasteiger charge is 2.16. The van der Waals surface area contributed by atoms with Crippen LogP contribution in [-0.4, -0.2) is 35.2 Å². The number of phenolic OH excluding ortho intramolecular Hbond substituents is 1. The molecule has 0 saturated carbocycles. The Labute approximate surface area is 192 Å². The van der Waals surface area contributed by atoms with Crippen molar-refractivity contribution in [2.45, 2.75) is 0 Å². The number of nitro groups is 1. The second-order valence-electron chi connectivity index (χ2n) is 6.55. The van der Waals surface area contributed by atoms with Crippen LogP contribution in [0.25, 0.3) is 0 Å². The molecule has 3 aromatic rings. The number of nitrogens with zero attached hydrogens (tertiary/aromatic N) is 2. The summed E-state index contributed by atoms with van der Waals surface area (Å²) >= 11 is 6.01. The van der Waals surface area contributed by atoms with Crippen LogP contribution in [-0.2, 0) is 0 Å². The molecule has 0 bridgehead atoms. The van der Waals surface area contributed by atoms with Crippen molar-refractivity contribution in [1.29, 1.82) is 0 Å². The van der Waals surface area contributed by atoms with Gasteiger partial charge in [-0.05, 0) is 36.4 Å². The number of phenols is 1. The lowest BCUT2D eigenvalue weighted by atomic mass is 10.1. The second-order valence-corrected chi connectivity index (χ2v) is 6.96. The lowest BCUT2D eigenvalue weighted by Crippen LogP contribution is -2.18. The van der Waals surface area contributed by atoms with Gasteiger partial charge in [0.2, 0.25) is 0 Å². The predicted octanol–water partition coefficient (Wildman–Crippen LogP) is 3.98. The largest absolute Gasteiger partial charge is 0.504 e. The van der Waals surface area contributed by atoms with Gasteiger partial charge in [0, 0.05) is 22.9 Å². The number of methoxy groups -OCH3 is 1. The minimum Gasteiger partial charge on any atom is -0.504 e. The Balaban J connectivity index is 1.66. The molecule has 0 fully saturated rings. The fourth-order valence-corrected chi connectivity index (χ4v) is 2.97. The molecule has 10 nitrogen and oxygen atoms in total. The molecule has 0 aliphatic heterocycles. The van der Waals surface area contributed by atoms with Gasteiger partial charge in [-0.2, -0.15) is 5.10 Å². The molecule has 33 heavy (non-hydrogen) atoms. The Morgan fingerprint density at radius 1 is 1.12 bits per heavy atom. The number of nitrogens with one attached hydrogen (secondary N) is 2. The fraction of sp³-hybridized carbons (Fsp3) is 0.0455. The van der Waals surface area contributed by atoms with Crippen molar-refractivity contribution in [3.05, 3.63) is 92.5 Å². The van der Waals surface area contributed by atoms with Gasteiger partial charge in [0.05, 0.1) is 34.9 Å². The number of rotatable bonds is 7. The lowest BCUT2D eigenvalue weighted by Gasteiger charge is -2.07. The third-order valence-corrected chi connectivity index (χ3v) is 4.74. The molecule has 2 amide bonds. The highest BCUT2D eigenvalue weighted by atomic mass is 35.5. The minimum absolute atomic E-state index is 0.0148. The zero-order valence-corrected chi connectivity index (χ0v) is 17.9. The molecule has 11 heteroatoms. The van der Waals surface area contributed by atoms with E-state index in [2.05, 4.69) is 15.8 Å². The summed E-state index contributed by atoms with van der Waals surface area (Å²) in [5.41, 5.74) is 2.94. The summed E-state index contributed by atoms with van der Waals surface area (Å²) in [7, 11) is 1.25. The van der Waals surface area contributed by atoms with E-state index in [1.54, 1.807) is 24.3 Å². The van der Waals surface area contributed by atoms with Crippen molar-refractivity contribution in [3.63, 3.8) is 0 Å². The van der Waals surface area contributed by atoms with E-state index in [-0.39, 0.29) is 28.3 Å². The number of aromatic hydroxyl groups is 1. The number of nitro benzene ring substituents is 1. The topological polar surface area (TPSA) is 143 Å². The first-order chi connectivity index (χ1) is 15.8. The first kappa shape index (κ1) is 23.2. The van der Waals surface area contributed by atoms with Gasteiger partial charge in [0.25, 0.3) is 17.5 Å². The summed E-state index contributed by atoms with van der Waals surface area (Å²) in [6.45, 7) is 0. The number of anilines is 1. The monoisotopic (exact) mass is 468 g/mol. The van der Waals surface area contributed by atoms with Gasteiger partial charge in [0.15, 0.2) is 11.5 Å². The Morgan fingerprint density at radius 2 is 1.82 bits per heavy atom. The van der Waals surface area contributed by atoms with Gasteiger partial charge in [0.1, 0.15) is 0 Å². The van der Waals surface area contributed by atoms with Gasteiger partial charge in [-0.15, -0.1) is 0 Å². The number of hydrazone groups is 1. The average molecular weight is 469 g/mol. The standard InChI is InChI=1S/C22H17ClN4O6/c1-33-19-11-16(27(31)32)10-14(20(19)28)12-24-26-21(29)13-6-8-15(9-7-13)25-22(30)17-4-2-3-5-18(17)23/h2-12,28H,1H3,(H,25,30)(H,26,29)/b24-12-. The van der Waals surface area contributed by atoms with Crippen molar-refractivity contribution in [1.82, 2.24) is 5.43 Å². The Morgan fingerprint density at radius 3 is 2.45 bits per heavy atom. The van der Waals surface area contributed by atoms with Crippen molar-refractivity contribution >= 4 is 41.0 Å². The molecule has 0 spiro atoms. The normalized spacial score (nSPS) is 10.6. The van der Waals surface area contributed by atoms with Crippen molar-refractivity contribution < 1.29 is 24.4 Å². The molecule has 0 aromatic heterocycles. The van der Waals surface area contributed by atoms with Gasteiger partial charge >= 0.3 is 0 Å². The maximum atomic E-state index is 12.3. The van der Waals surface area contributed by atoms with E-state index in [4.69, 9.17) is 16.3 Å². The van der Waals surface area contributed by atoms with Gasteiger partial charge < -0.3 is 15.2 Å². The Bertz CT molecular complexity index is 1240. The number of amides is 2. The summed E-state index contributed by atoms with van der Waals surface area (Å²) in [4.78, 5) is 35.0. The van der Waals surface area contributed by atoms with E-state index in [1.165, 1.54) is 31.4 Å². The van der Waals surface area contributed by atoms with Crippen LogP contribution in [0.3, 0.4) is 0 Å². The van der Waals surface area contributed by atoms with Crippen LogP contribution in [0.2, 0.25) is 5.02 Å². The molecular weight excluding hydrogens is 452 g/mol. The number of hydrogen-bond donors (Lipinski definition) is 3. The van der Waals surface area contributed by atoms with E-state index in [1.807, 2.05) is 0 Å². The summed E-state index contributed by atoms with van der Waals surface area (Å²) in [6, 6.07) is 14.8. The third-order valence-electron chi connectivity index (χ3n) is 4.41. The number of carbonyl (C=O) groups is 2. The highest BCUT2D eigenvalue weighted by molar-refractivity contribution is 6.34. The highest BCUT2D eigenvalue weighted by Crippen LogP contribution is 2.33. The maximum Gasteiger partial charge on any atom is 0.274 e. The van der Waals surface area contributed by atoms with Gasteiger partial charge in [-0.25, -0.2) is 5.43 Å². The number of ether oxygens (including phenoxy) is 1. The summed E-state index contributed by atoms with van der Waals surface area (Å²) in [6.07, 6.45) is 1.06.